The van der Waals surface area contributed by atoms with Crippen LogP contribution in [0.1, 0.15) is 93.5 Å². The normalized spacial score (nSPS) is 16.8. The molecular weight excluding hydrogens is 486 g/mol. The van der Waals surface area contributed by atoms with Gasteiger partial charge in [-0.2, -0.15) is 0 Å². The lowest BCUT2D eigenvalue weighted by molar-refractivity contribution is 0.503. The quantitative estimate of drug-likeness (QED) is 0.251. The topological polar surface area (TPSA) is 37.0 Å². The summed E-state index contributed by atoms with van der Waals surface area (Å²) in [6.07, 6.45) is 12.6. The first kappa shape index (κ1) is 26.4. The molecule has 1 aromatic heterocycles. The summed E-state index contributed by atoms with van der Waals surface area (Å²) in [5.74, 6) is 0.850. The van der Waals surface area contributed by atoms with E-state index in [4.69, 9.17) is 4.98 Å². The Hall–Kier alpha value is -3.85. The van der Waals surface area contributed by atoms with E-state index in [9.17, 15) is 0 Å². The van der Waals surface area contributed by atoms with Gasteiger partial charge in [0.1, 0.15) is 0 Å². The van der Waals surface area contributed by atoms with Gasteiger partial charge in [0.15, 0.2) is 0 Å². The minimum absolute atomic E-state index is 0.298. The van der Waals surface area contributed by atoms with Gasteiger partial charge in [-0.1, -0.05) is 94.4 Å². The van der Waals surface area contributed by atoms with Gasteiger partial charge in [-0.3, -0.25) is 0 Å². The number of nitrogens with zero attached hydrogens (tertiary/aromatic N) is 1. The number of anilines is 2. The highest BCUT2D eigenvalue weighted by Gasteiger charge is 2.25. The van der Waals surface area contributed by atoms with Crippen LogP contribution in [0.2, 0.25) is 0 Å². The standard InChI is InChI=1S/C37H41N3/c1-24(2)29-17-11-18-30(25(3)4)37(29)40-34-21-10-14-27-22-23-32(39-36(27)34)31-19-8-12-26-13-9-20-33(35(26)31)38-28-15-6-5-7-16-28/h6,8,10-12,14-19,21-25,33,38,40H,5,7,9,13,20H2,1-4H3. The molecule has 0 fully saturated rings. The summed E-state index contributed by atoms with van der Waals surface area (Å²) in [4.78, 5) is 5.36. The predicted octanol–water partition coefficient (Wildman–Crippen LogP) is 10.1. The van der Waals surface area contributed by atoms with Crippen molar-refractivity contribution in [1.29, 1.82) is 0 Å². The number of rotatable bonds is 7. The number of aromatic nitrogens is 1. The van der Waals surface area contributed by atoms with Crippen LogP contribution in [-0.4, -0.2) is 4.98 Å². The Morgan fingerprint density at radius 2 is 1.60 bits per heavy atom. The highest BCUT2D eigenvalue weighted by atomic mass is 14.9. The molecule has 6 rings (SSSR count). The minimum atomic E-state index is 0.298. The first-order valence-electron chi connectivity index (χ1n) is 15.0. The minimum Gasteiger partial charge on any atom is -0.378 e. The third kappa shape index (κ3) is 5.18. The van der Waals surface area contributed by atoms with Crippen molar-refractivity contribution >= 4 is 22.3 Å². The zero-order valence-electron chi connectivity index (χ0n) is 24.3. The highest BCUT2D eigenvalue weighted by Crippen LogP contribution is 2.40. The summed E-state index contributed by atoms with van der Waals surface area (Å²) < 4.78 is 0. The van der Waals surface area contributed by atoms with Crippen LogP contribution >= 0.6 is 0 Å². The van der Waals surface area contributed by atoms with E-state index in [-0.39, 0.29) is 0 Å². The van der Waals surface area contributed by atoms with Gasteiger partial charge in [-0.05, 0) is 84.4 Å². The monoisotopic (exact) mass is 527 g/mol. The molecule has 204 valence electrons. The molecule has 0 radical (unpaired) electrons. The summed E-state index contributed by atoms with van der Waals surface area (Å²) in [7, 11) is 0. The molecule has 0 amide bonds. The molecular formula is C37H41N3. The van der Waals surface area contributed by atoms with E-state index in [1.807, 2.05) is 0 Å². The molecule has 2 N–H and O–H groups in total. The van der Waals surface area contributed by atoms with Crippen molar-refractivity contribution in [2.24, 2.45) is 0 Å². The Morgan fingerprint density at radius 3 is 2.35 bits per heavy atom. The average Bonchev–Trinajstić information content (AvgIpc) is 2.97. The first-order valence-corrected chi connectivity index (χ1v) is 15.0. The van der Waals surface area contributed by atoms with Gasteiger partial charge in [0.05, 0.1) is 22.9 Å². The van der Waals surface area contributed by atoms with Crippen LogP contribution in [-0.2, 0) is 6.42 Å². The van der Waals surface area contributed by atoms with Crippen LogP contribution in [0.3, 0.4) is 0 Å². The van der Waals surface area contributed by atoms with E-state index < -0.39 is 0 Å². The van der Waals surface area contributed by atoms with Crippen molar-refractivity contribution in [2.45, 2.75) is 77.7 Å². The molecule has 3 aromatic carbocycles. The number of benzene rings is 3. The number of hydrogen-bond acceptors (Lipinski definition) is 3. The van der Waals surface area contributed by atoms with Gasteiger partial charge in [-0.15, -0.1) is 0 Å². The Kier molecular flexibility index (Phi) is 7.47. The van der Waals surface area contributed by atoms with Crippen molar-refractivity contribution in [1.82, 2.24) is 10.3 Å². The molecule has 1 atom stereocenters. The maximum absolute atomic E-state index is 5.36. The van der Waals surface area contributed by atoms with Crippen molar-refractivity contribution in [2.75, 3.05) is 5.32 Å². The van der Waals surface area contributed by atoms with Crippen LogP contribution in [0.5, 0.6) is 0 Å². The third-order valence-electron chi connectivity index (χ3n) is 8.45. The van der Waals surface area contributed by atoms with Gasteiger partial charge in [0.25, 0.3) is 0 Å². The number of aryl methyl sites for hydroxylation is 1. The van der Waals surface area contributed by atoms with E-state index in [0.717, 1.165) is 48.0 Å². The smallest absolute Gasteiger partial charge is 0.0944 e. The number of para-hydroxylation sites is 2. The predicted molar refractivity (Wildman–Crippen MR) is 170 cm³/mol. The number of nitrogens with one attached hydrogen (secondary N) is 2. The fourth-order valence-electron chi connectivity index (χ4n) is 6.40. The van der Waals surface area contributed by atoms with E-state index in [0.29, 0.717) is 17.9 Å². The number of allylic oxidation sites excluding steroid dienone is 3. The summed E-state index contributed by atoms with van der Waals surface area (Å²) >= 11 is 0. The largest absolute Gasteiger partial charge is 0.378 e. The Balaban J connectivity index is 1.44. The molecule has 3 nitrogen and oxygen atoms in total. The molecule has 0 aliphatic heterocycles. The van der Waals surface area contributed by atoms with E-state index >= 15 is 0 Å². The second kappa shape index (κ2) is 11.3. The summed E-state index contributed by atoms with van der Waals surface area (Å²) in [6.45, 7) is 9.08. The second-order valence-corrected chi connectivity index (χ2v) is 11.9. The lowest BCUT2D eigenvalue weighted by atomic mass is 9.83. The molecule has 2 aliphatic carbocycles. The molecule has 1 unspecified atom stereocenters. The van der Waals surface area contributed by atoms with Gasteiger partial charge in [0.2, 0.25) is 0 Å². The highest BCUT2D eigenvalue weighted by molar-refractivity contribution is 5.94. The molecule has 2 aliphatic rings. The number of fused-ring (bicyclic) bond motifs is 2. The fourth-order valence-corrected chi connectivity index (χ4v) is 6.40. The van der Waals surface area contributed by atoms with Gasteiger partial charge in [-0.25, -0.2) is 4.98 Å². The van der Waals surface area contributed by atoms with Crippen LogP contribution in [0.15, 0.2) is 90.7 Å². The number of hydrogen-bond donors (Lipinski definition) is 2. The zero-order chi connectivity index (χ0) is 27.6. The van der Waals surface area contributed by atoms with Crippen molar-refractivity contribution in [3.8, 4) is 11.3 Å². The van der Waals surface area contributed by atoms with Crippen molar-refractivity contribution in [3.63, 3.8) is 0 Å². The zero-order valence-corrected chi connectivity index (χ0v) is 24.3. The molecule has 40 heavy (non-hydrogen) atoms. The number of pyridine rings is 1. The molecule has 0 spiro atoms. The maximum Gasteiger partial charge on any atom is 0.0944 e. The van der Waals surface area contributed by atoms with Crippen molar-refractivity contribution in [3.05, 3.63) is 113 Å². The Morgan fingerprint density at radius 1 is 0.825 bits per heavy atom. The lowest BCUT2D eigenvalue weighted by Crippen LogP contribution is -2.25. The summed E-state index contributed by atoms with van der Waals surface area (Å²) in [5, 5.41) is 8.89. The van der Waals surface area contributed by atoms with E-state index in [2.05, 4.69) is 123 Å². The Bertz CT molecular complexity index is 1560. The van der Waals surface area contributed by atoms with Gasteiger partial charge >= 0.3 is 0 Å². The third-order valence-corrected chi connectivity index (χ3v) is 8.45. The first-order chi connectivity index (χ1) is 19.5. The maximum atomic E-state index is 5.36. The molecule has 0 saturated carbocycles. The lowest BCUT2D eigenvalue weighted by Gasteiger charge is -2.30. The van der Waals surface area contributed by atoms with Crippen LogP contribution in [0.4, 0.5) is 11.4 Å². The average molecular weight is 528 g/mol. The van der Waals surface area contributed by atoms with E-state index in [1.54, 1.807) is 0 Å². The summed E-state index contributed by atoms with van der Waals surface area (Å²) in [5.41, 5.74) is 12.4. The Labute approximate surface area is 239 Å². The van der Waals surface area contributed by atoms with E-state index in [1.165, 1.54) is 45.6 Å². The van der Waals surface area contributed by atoms with Crippen LogP contribution in [0.25, 0.3) is 22.2 Å². The molecule has 0 saturated heterocycles. The second-order valence-electron chi connectivity index (χ2n) is 11.9. The van der Waals surface area contributed by atoms with Crippen LogP contribution < -0.4 is 10.6 Å². The molecule has 3 heteroatoms. The molecule has 1 heterocycles. The van der Waals surface area contributed by atoms with Crippen molar-refractivity contribution < 1.29 is 0 Å². The van der Waals surface area contributed by atoms with Gasteiger partial charge < -0.3 is 10.6 Å². The summed E-state index contributed by atoms with van der Waals surface area (Å²) in [6, 6.07) is 24.7. The molecule has 0 bridgehead atoms. The van der Waals surface area contributed by atoms with Gasteiger partial charge in [0, 0.05) is 22.3 Å². The van der Waals surface area contributed by atoms with Crippen LogP contribution in [0, 0.1) is 0 Å². The molecule has 4 aromatic rings. The SMILES string of the molecule is CC(C)c1cccc(C(C)C)c1Nc1cccc2ccc(-c3cccc4c3C(NC3=CCCC=C3)CCC4)nc12. The fraction of sp³-hybridized carbons (Fsp3) is 0.324.